The van der Waals surface area contributed by atoms with Crippen LogP contribution >= 0.6 is 23.2 Å². The van der Waals surface area contributed by atoms with Crippen molar-refractivity contribution in [1.29, 1.82) is 0 Å². The fourth-order valence-corrected chi connectivity index (χ4v) is 2.52. The molecule has 0 aromatic carbocycles. The molecule has 1 saturated heterocycles. The van der Waals surface area contributed by atoms with Crippen molar-refractivity contribution in [3.05, 3.63) is 28.0 Å². The van der Waals surface area contributed by atoms with E-state index < -0.39 is 0 Å². The van der Waals surface area contributed by atoms with Crippen LogP contribution in [0.5, 0.6) is 0 Å². The molecule has 0 saturated carbocycles. The Morgan fingerprint density at radius 2 is 2.16 bits per heavy atom. The van der Waals surface area contributed by atoms with Gasteiger partial charge in [0.05, 0.1) is 10.6 Å². The summed E-state index contributed by atoms with van der Waals surface area (Å²) in [6, 6.07) is 1.51. The zero-order chi connectivity index (χ0) is 13.8. The highest BCUT2D eigenvalue weighted by molar-refractivity contribution is 6.35. The second kappa shape index (κ2) is 6.55. The highest BCUT2D eigenvalue weighted by atomic mass is 35.5. The number of carbonyl (C=O) groups excluding carboxylic acids is 1. The number of hydrogen-bond acceptors (Lipinski definition) is 3. The molecule has 1 amide bonds. The van der Waals surface area contributed by atoms with Crippen LogP contribution in [-0.2, 0) is 4.74 Å². The number of amides is 1. The van der Waals surface area contributed by atoms with Gasteiger partial charge in [0.1, 0.15) is 5.15 Å². The molecule has 1 fully saturated rings. The number of aromatic nitrogens is 1. The zero-order valence-electron chi connectivity index (χ0n) is 10.7. The summed E-state index contributed by atoms with van der Waals surface area (Å²) in [4.78, 5) is 17.8. The summed E-state index contributed by atoms with van der Waals surface area (Å²) in [5.41, 5.74) is 0.399. The van der Waals surface area contributed by atoms with E-state index in [1.54, 1.807) is 11.9 Å². The molecule has 0 atom stereocenters. The molecule has 0 radical (unpaired) electrons. The van der Waals surface area contributed by atoms with E-state index in [1.165, 1.54) is 12.3 Å². The van der Waals surface area contributed by atoms with Gasteiger partial charge < -0.3 is 9.64 Å². The van der Waals surface area contributed by atoms with E-state index in [2.05, 4.69) is 4.98 Å². The first-order valence-corrected chi connectivity index (χ1v) is 6.97. The van der Waals surface area contributed by atoms with Crippen molar-refractivity contribution < 1.29 is 9.53 Å². The second-order valence-corrected chi connectivity index (χ2v) is 5.52. The highest BCUT2D eigenvalue weighted by Crippen LogP contribution is 2.21. The normalized spacial score (nSPS) is 16.4. The Kier molecular flexibility index (Phi) is 5.02. The molecule has 1 aromatic rings. The van der Waals surface area contributed by atoms with Gasteiger partial charge >= 0.3 is 0 Å². The molecule has 0 bridgehead atoms. The molecule has 19 heavy (non-hydrogen) atoms. The van der Waals surface area contributed by atoms with Crippen molar-refractivity contribution in [3.8, 4) is 0 Å². The lowest BCUT2D eigenvalue weighted by Crippen LogP contribution is -2.34. The van der Waals surface area contributed by atoms with Crippen LogP contribution in [0, 0.1) is 5.92 Å². The first-order valence-electron chi connectivity index (χ1n) is 6.22. The molecule has 1 aliphatic rings. The van der Waals surface area contributed by atoms with Crippen molar-refractivity contribution in [2.24, 2.45) is 5.92 Å². The van der Waals surface area contributed by atoms with Crippen LogP contribution in [0.1, 0.15) is 23.2 Å². The van der Waals surface area contributed by atoms with Gasteiger partial charge in [-0.25, -0.2) is 4.98 Å². The molecular formula is C13H16Cl2N2O2. The summed E-state index contributed by atoms with van der Waals surface area (Å²) in [6.07, 6.45) is 3.38. The molecule has 0 unspecified atom stereocenters. The lowest BCUT2D eigenvalue weighted by atomic mass is 9.99. The first-order chi connectivity index (χ1) is 9.08. The maximum atomic E-state index is 12.3. The third kappa shape index (κ3) is 3.81. The van der Waals surface area contributed by atoms with Gasteiger partial charge in [0.15, 0.2) is 0 Å². The predicted octanol–water partition coefficient (Wildman–Crippen LogP) is 2.89. The first kappa shape index (κ1) is 14.6. The van der Waals surface area contributed by atoms with Crippen LogP contribution in [0.2, 0.25) is 10.2 Å². The molecular weight excluding hydrogens is 287 g/mol. The van der Waals surface area contributed by atoms with Gasteiger partial charge in [-0.15, -0.1) is 0 Å². The highest BCUT2D eigenvalue weighted by Gasteiger charge is 2.21. The van der Waals surface area contributed by atoms with Gasteiger partial charge in [0, 0.05) is 33.0 Å². The van der Waals surface area contributed by atoms with E-state index in [0.29, 0.717) is 23.0 Å². The molecule has 6 heteroatoms. The topological polar surface area (TPSA) is 42.4 Å². The fourth-order valence-electron chi connectivity index (χ4n) is 2.18. The maximum absolute atomic E-state index is 12.3. The lowest BCUT2D eigenvalue weighted by molar-refractivity contribution is 0.0497. The third-order valence-electron chi connectivity index (χ3n) is 3.27. The number of ether oxygens (including phenoxy) is 1. The van der Waals surface area contributed by atoms with E-state index >= 15 is 0 Å². The number of hydrogen-bond donors (Lipinski definition) is 0. The third-order valence-corrected chi connectivity index (χ3v) is 3.78. The summed E-state index contributed by atoms with van der Waals surface area (Å²) in [5.74, 6) is 0.361. The number of carbonyl (C=O) groups is 1. The Morgan fingerprint density at radius 1 is 1.47 bits per heavy atom. The van der Waals surface area contributed by atoms with Crippen molar-refractivity contribution in [1.82, 2.24) is 9.88 Å². The quantitative estimate of drug-likeness (QED) is 0.806. The second-order valence-electron chi connectivity index (χ2n) is 4.73. The van der Waals surface area contributed by atoms with E-state index in [1.807, 2.05) is 0 Å². The molecule has 2 rings (SSSR count). The average molecular weight is 303 g/mol. The number of pyridine rings is 1. The zero-order valence-corrected chi connectivity index (χ0v) is 12.2. The Balaban J connectivity index is 2.03. The van der Waals surface area contributed by atoms with E-state index in [0.717, 1.165) is 26.1 Å². The summed E-state index contributed by atoms with van der Waals surface area (Å²) in [6.45, 7) is 2.25. The molecule has 104 valence electrons. The largest absolute Gasteiger partial charge is 0.381 e. The SMILES string of the molecule is CN(CC1CCOCC1)C(=O)c1cc(Cl)ncc1Cl. The van der Waals surface area contributed by atoms with Crippen molar-refractivity contribution in [2.75, 3.05) is 26.8 Å². The van der Waals surface area contributed by atoms with Crippen LogP contribution in [0.15, 0.2) is 12.3 Å². The number of halogens is 2. The Morgan fingerprint density at radius 3 is 2.84 bits per heavy atom. The number of nitrogens with zero attached hydrogens (tertiary/aromatic N) is 2. The van der Waals surface area contributed by atoms with E-state index in [-0.39, 0.29) is 11.1 Å². The number of rotatable bonds is 3. The lowest BCUT2D eigenvalue weighted by Gasteiger charge is -2.27. The predicted molar refractivity (Wildman–Crippen MR) is 74.8 cm³/mol. The summed E-state index contributed by atoms with van der Waals surface area (Å²) in [7, 11) is 1.78. The van der Waals surface area contributed by atoms with Crippen LogP contribution < -0.4 is 0 Å². The van der Waals surface area contributed by atoms with Crippen LogP contribution in [0.25, 0.3) is 0 Å². The van der Waals surface area contributed by atoms with Crippen molar-refractivity contribution >= 4 is 29.1 Å². The molecule has 0 spiro atoms. The van der Waals surface area contributed by atoms with E-state index in [9.17, 15) is 4.79 Å². The minimum absolute atomic E-state index is 0.124. The van der Waals surface area contributed by atoms with Crippen LogP contribution in [0.3, 0.4) is 0 Å². The minimum Gasteiger partial charge on any atom is -0.381 e. The van der Waals surface area contributed by atoms with Crippen molar-refractivity contribution in [2.45, 2.75) is 12.8 Å². The van der Waals surface area contributed by atoms with Gasteiger partial charge in [-0.2, -0.15) is 0 Å². The average Bonchev–Trinajstić information content (AvgIpc) is 2.42. The molecule has 2 heterocycles. The summed E-state index contributed by atoms with van der Waals surface area (Å²) < 4.78 is 5.31. The van der Waals surface area contributed by atoms with Gasteiger partial charge in [0.2, 0.25) is 0 Å². The smallest absolute Gasteiger partial charge is 0.255 e. The fraction of sp³-hybridized carbons (Fsp3) is 0.538. The van der Waals surface area contributed by atoms with Crippen molar-refractivity contribution in [3.63, 3.8) is 0 Å². The summed E-state index contributed by atoms with van der Waals surface area (Å²) >= 11 is 11.8. The molecule has 4 nitrogen and oxygen atoms in total. The molecule has 1 aromatic heterocycles. The Hall–Kier alpha value is -0.840. The van der Waals surface area contributed by atoms with Gasteiger partial charge in [0.25, 0.3) is 5.91 Å². The van der Waals surface area contributed by atoms with Gasteiger partial charge in [-0.3, -0.25) is 4.79 Å². The van der Waals surface area contributed by atoms with Gasteiger partial charge in [-0.1, -0.05) is 23.2 Å². The molecule has 1 aliphatic heterocycles. The monoisotopic (exact) mass is 302 g/mol. The maximum Gasteiger partial charge on any atom is 0.255 e. The van der Waals surface area contributed by atoms with Gasteiger partial charge in [-0.05, 0) is 24.8 Å². The van der Waals surface area contributed by atoms with E-state index in [4.69, 9.17) is 27.9 Å². The minimum atomic E-state index is -0.124. The van der Waals surface area contributed by atoms with Crippen LogP contribution in [0.4, 0.5) is 0 Å². The molecule has 0 N–H and O–H groups in total. The van der Waals surface area contributed by atoms with Crippen LogP contribution in [-0.4, -0.2) is 42.6 Å². The Bertz CT molecular complexity index is 462. The molecule has 0 aliphatic carbocycles. The Labute approximate surface area is 122 Å². The summed E-state index contributed by atoms with van der Waals surface area (Å²) in [5, 5.41) is 0.598. The standard InChI is InChI=1S/C13H16Cl2N2O2/c1-17(8-9-2-4-19-5-3-9)13(18)10-6-12(15)16-7-11(10)14/h6-7,9H,2-5,8H2,1H3.